The van der Waals surface area contributed by atoms with Crippen LogP contribution in [0.1, 0.15) is 30.7 Å². The lowest BCUT2D eigenvalue weighted by Gasteiger charge is -2.02. The van der Waals surface area contributed by atoms with Crippen molar-refractivity contribution in [3.05, 3.63) is 21.7 Å². The average molecular weight is 156 g/mol. The maximum Gasteiger partial charge on any atom is 0.283 e. The molecule has 62 valence electrons. The Balaban J connectivity index is 3.04. The van der Waals surface area contributed by atoms with Crippen LogP contribution < -0.4 is 11.3 Å². The fraction of sp³-hybridized carbons (Fsp3) is 0.571. The van der Waals surface area contributed by atoms with Crippen molar-refractivity contribution in [3.8, 4) is 0 Å². The highest BCUT2D eigenvalue weighted by Gasteiger charge is 2.13. The SMILES string of the molecule is CCC(N)c1o[nH]c(=O)c1C. The first kappa shape index (κ1) is 8.07. The summed E-state index contributed by atoms with van der Waals surface area (Å²) in [6.45, 7) is 3.64. The molecule has 0 aliphatic carbocycles. The first-order valence-corrected chi connectivity index (χ1v) is 3.60. The monoisotopic (exact) mass is 156 g/mol. The summed E-state index contributed by atoms with van der Waals surface area (Å²) >= 11 is 0. The highest BCUT2D eigenvalue weighted by molar-refractivity contribution is 5.14. The summed E-state index contributed by atoms with van der Waals surface area (Å²) in [5.74, 6) is 0.567. The van der Waals surface area contributed by atoms with E-state index in [0.717, 1.165) is 6.42 Å². The summed E-state index contributed by atoms with van der Waals surface area (Å²) in [7, 11) is 0. The van der Waals surface area contributed by atoms with Crippen LogP contribution in [0.5, 0.6) is 0 Å². The molecule has 0 aliphatic rings. The molecule has 0 saturated carbocycles. The second kappa shape index (κ2) is 2.92. The summed E-state index contributed by atoms with van der Waals surface area (Å²) in [5, 5.41) is 2.24. The van der Waals surface area contributed by atoms with Crippen LogP contribution in [0, 0.1) is 6.92 Å². The van der Waals surface area contributed by atoms with Crippen LogP contribution in [0.25, 0.3) is 0 Å². The lowest BCUT2D eigenvalue weighted by Crippen LogP contribution is -2.10. The van der Waals surface area contributed by atoms with E-state index in [1.54, 1.807) is 6.92 Å². The van der Waals surface area contributed by atoms with Crippen molar-refractivity contribution < 1.29 is 4.52 Å². The number of hydrogen-bond acceptors (Lipinski definition) is 3. The number of aromatic nitrogens is 1. The van der Waals surface area contributed by atoms with Gasteiger partial charge in [-0.15, -0.1) is 0 Å². The van der Waals surface area contributed by atoms with Crippen LogP contribution in [0.15, 0.2) is 9.32 Å². The standard InChI is InChI=1S/C7H12N2O2/c1-3-5(8)6-4(2)7(10)9-11-6/h5H,3,8H2,1-2H3,(H,9,10). The number of nitrogens with one attached hydrogen (secondary N) is 1. The number of rotatable bonds is 2. The fourth-order valence-corrected chi connectivity index (χ4v) is 0.905. The maximum atomic E-state index is 10.9. The Labute approximate surface area is 64.4 Å². The molecule has 3 N–H and O–H groups in total. The smallest absolute Gasteiger partial charge is 0.283 e. The van der Waals surface area contributed by atoms with Gasteiger partial charge in [0.25, 0.3) is 5.56 Å². The highest BCUT2D eigenvalue weighted by atomic mass is 16.5. The van der Waals surface area contributed by atoms with Crippen molar-refractivity contribution in [2.24, 2.45) is 5.73 Å². The van der Waals surface area contributed by atoms with Gasteiger partial charge in [-0.25, -0.2) is 0 Å². The molecule has 0 saturated heterocycles. The molecule has 4 heteroatoms. The number of hydrogen-bond donors (Lipinski definition) is 2. The minimum absolute atomic E-state index is 0.172. The zero-order valence-corrected chi connectivity index (χ0v) is 6.68. The molecule has 0 aromatic carbocycles. The lowest BCUT2D eigenvalue weighted by molar-refractivity contribution is 0.354. The molecular formula is C7H12N2O2. The topological polar surface area (TPSA) is 72.0 Å². The van der Waals surface area contributed by atoms with Gasteiger partial charge < -0.3 is 10.3 Å². The van der Waals surface area contributed by atoms with E-state index in [1.807, 2.05) is 6.92 Å². The van der Waals surface area contributed by atoms with E-state index < -0.39 is 0 Å². The highest BCUT2D eigenvalue weighted by Crippen LogP contribution is 2.13. The van der Waals surface area contributed by atoms with Gasteiger partial charge in [-0.1, -0.05) is 6.92 Å². The van der Waals surface area contributed by atoms with E-state index in [4.69, 9.17) is 10.3 Å². The van der Waals surface area contributed by atoms with Gasteiger partial charge in [0.1, 0.15) is 0 Å². The molecular weight excluding hydrogens is 144 g/mol. The van der Waals surface area contributed by atoms with Crippen LogP contribution in [-0.2, 0) is 0 Å². The van der Waals surface area contributed by atoms with Gasteiger partial charge in [0, 0.05) is 0 Å². The molecule has 0 fully saturated rings. The molecule has 11 heavy (non-hydrogen) atoms. The first-order chi connectivity index (χ1) is 5.16. The number of nitrogens with two attached hydrogens (primary N) is 1. The molecule has 0 bridgehead atoms. The van der Waals surface area contributed by atoms with Gasteiger partial charge in [-0.3, -0.25) is 4.79 Å². The third-order valence-corrected chi connectivity index (χ3v) is 1.74. The second-order valence-electron chi connectivity index (χ2n) is 2.54. The molecule has 1 heterocycles. The predicted molar refractivity (Wildman–Crippen MR) is 41.3 cm³/mol. The molecule has 1 rings (SSSR count). The normalized spacial score (nSPS) is 13.4. The van der Waals surface area contributed by atoms with Crippen LogP contribution >= 0.6 is 0 Å². The molecule has 0 aliphatic heterocycles. The zero-order chi connectivity index (χ0) is 8.43. The van der Waals surface area contributed by atoms with Crippen LogP contribution in [0.2, 0.25) is 0 Å². The molecule has 1 aromatic heterocycles. The first-order valence-electron chi connectivity index (χ1n) is 3.60. The molecule has 1 unspecified atom stereocenters. The van der Waals surface area contributed by atoms with Gasteiger partial charge in [0.2, 0.25) is 0 Å². The van der Waals surface area contributed by atoms with E-state index in [-0.39, 0.29) is 11.6 Å². The Hall–Kier alpha value is -1.03. The largest absolute Gasteiger partial charge is 0.382 e. The Morgan fingerprint density at radius 2 is 2.36 bits per heavy atom. The van der Waals surface area contributed by atoms with Gasteiger partial charge >= 0.3 is 0 Å². The van der Waals surface area contributed by atoms with Crippen LogP contribution in [0.3, 0.4) is 0 Å². The summed E-state index contributed by atoms with van der Waals surface area (Å²) < 4.78 is 4.89. The van der Waals surface area contributed by atoms with E-state index >= 15 is 0 Å². The number of aromatic amines is 1. The van der Waals surface area contributed by atoms with Crippen LogP contribution in [-0.4, -0.2) is 5.16 Å². The zero-order valence-electron chi connectivity index (χ0n) is 6.68. The quantitative estimate of drug-likeness (QED) is 0.661. The predicted octanol–water partition coefficient (Wildman–Crippen LogP) is 0.686. The van der Waals surface area contributed by atoms with E-state index in [0.29, 0.717) is 11.3 Å². The molecule has 1 aromatic rings. The van der Waals surface area contributed by atoms with Crippen molar-refractivity contribution >= 4 is 0 Å². The van der Waals surface area contributed by atoms with E-state index in [1.165, 1.54) is 0 Å². The molecule has 0 radical (unpaired) electrons. The van der Waals surface area contributed by atoms with Crippen LogP contribution in [0.4, 0.5) is 0 Å². The van der Waals surface area contributed by atoms with Crippen molar-refractivity contribution in [3.63, 3.8) is 0 Å². The molecule has 0 spiro atoms. The van der Waals surface area contributed by atoms with Gasteiger partial charge in [0.15, 0.2) is 5.76 Å². The van der Waals surface area contributed by atoms with E-state index in [2.05, 4.69) is 5.16 Å². The average Bonchev–Trinajstić information content (AvgIpc) is 2.32. The summed E-state index contributed by atoms with van der Waals surface area (Å²) in [4.78, 5) is 10.9. The maximum absolute atomic E-state index is 10.9. The lowest BCUT2D eigenvalue weighted by atomic mass is 10.1. The van der Waals surface area contributed by atoms with E-state index in [9.17, 15) is 4.79 Å². The van der Waals surface area contributed by atoms with Gasteiger partial charge in [-0.2, -0.15) is 5.16 Å². The Morgan fingerprint density at radius 1 is 1.73 bits per heavy atom. The molecule has 0 amide bonds. The Morgan fingerprint density at radius 3 is 2.73 bits per heavy atom. The minimum Gasteiger partial charge on any atom is -0.382 e. The Kier molecular flexibility index (Phi) is 2.14. The molecule has 4 nitrogen and oxygen atoms in total. The summed E-state index contributed by atoms with van der Waals surface area (Å²) in [6, 6.07) is -0.172. The number of H-pyrrole nitrogens is 1. The third kappa shape index (κ3) is 1.35. The van der Waals surface area contributed by atoms with Crippen molar-refractivity contribution in [1.29, 1.82) is 0 Å². The Bertz CT molecular complexity index is 287. The summed E-state index contributed by atoms with van der Waals surface area (Å²) in [6.07, 6.45) is 0.766. The minimum atomic E-state index is -0.191. The fourth-order valence-electron chi connectivity index (χ4n) is 0.905. The third-order valence-electron chi connectivity index (χ3n) is 1.74. The molecule has 1 atom stereocenters. The van der Waals surface area contributed by atoms with Crippen molar-refractivity contribution in [1.82, 2.24) is 5.16 Å². The van der Waals surface area contributed by atoms with Crippen molar-refractivity contribution in [2.45, 2.75) is 26.3 Å². The second-order valence-corrected chi connectivity index (χ2v) is 2.54. The van der Waals surface area contributed by atoms with Gasteiger partial charge in [-0.05, 0) is 13.3 Å². The van der Waals surface area contributed by atoms with Gasteiger partial charge in [0.05, 0.1) is 11.6 Å². The summed E-state index contributed by atoms with van der Waals surface area (Å²) in [5.41, 5.74) is 6.05. The van der Waals surface area contributed by atoms with Crippen molar-refractivity contribution in [2.75, 3.05) is 0 Å².